The van der Waals surface area contributed by atoms with Crippen LogP contribution in [0.2, 0.25) is 0 Å². The largest absolute Gasteiger partial charge is 0.465 e. The first-order valence-electron chi connectivity index (χ1n) is 3.21. The molecule has 0 unspecified atom stereocenters. The maximum absolute atomic E-state index is 10.8. The minimum Gasteiger partial charge on any atom is -0.465 e. The molecule has 0 amide bonds. The predicted octanol–water partition coefficient (Wildman–Crippen LogP) is 0.736. The van der Waals surface area contributed by atoms with Gasteiger partial charge in [-0.2, -0.15) is 0 Å². The Morgan fingerprint density at radius 2 is 2.56 bits per heavy atom. The van der Waals surface area contributed by atoms with E-state index in [1.807, 2.05) is 0 Å². The highest BCUT2D eigenvalue weighted by Crippen LogP contribution is 2.31. The summed E-state index contributed by atoms with van der Waals surface area (Å²) >= 11 is 0. The summed E-state index contributed by atoms with van der Waals surface area (Å²) in [5, 5.41) is 0. The Kier molecular flexibility index (Phi) is 0.891. The Balaban J connectivity index is 2.22. The Bertz CT molecular complexity index is 172. The molecule has 2 heteroatoms. The number of carbonyl (C=O) groups is 1. The number of fused-ring (bicyclic) bond motifs is 1. The molecule has 1 fully saturated rings. The van der Waals surface area contributed by atoms with Crippen molar-refractivity contribution in [2.75, 3.05) is 6.61 Å². The summed E-state index contributed by atoms with van der Waals surface area (Å²) in [4.78, 5) is 10.8. The van der Waals surface area contributed by atoms with Gasteiger partial charge in [0.1, 0.15) is 0 Å². The summed E-state index contributed by atoms with van der Waals surface area (Å²) < 4.78 is 4.83. The molecule has 1 heterocycles. The molecule has 1 aliphatic heterocycles. The predicted molar refractivity (Wildman–Crippen MR) is 31.7 cm³/mol. The van der Waals surface area contributed by atoms with Crippen LogP contribution in [0.1, 0.15) is 6.42 Å². The Hall–Kier alpha value is -0.790. The number of hydrogen-bond acceptors (Lipinski definition) is 2. The zero-order valence-electron chi connectivity index (χ0n) is 5.04. The van der Waals surface area contributed by atoms with Gasteiger partial charge in [-0.1, -0.05) is 12.2 Å². The van der Waals surface area contributed by atoms with Crippen LogP contribution in [0.15, 0.2) is 12.2 Å². The van der Waals surface area contributed by atoms with Crippen molar-refractivity contribution in [3.8, 4) is 0 Å². The molecule has 9 heavy (non-hydrogen) atoms. The van der Waals surface area contributed by atoms with E-state index in [0.29, 0.717) is 12.5 Å². The lowest BCUT2D eigenvalue weighted by atomic mass is 10.00. The van der Waals surface area contributed by atoms with E-state index in [0.717, 1.165) is 6.42 Å². The smallest absolute Gasteiger partial charge is 0.309 e. The summed E-state index contributed by atoms with van der Waals surface area (Å²) in [6.07, 6.45) is 5.04. The highest BCUT2D eigenvalue weighted by Gasteiger charge is 2.36. The molecule has 2 aliphatic rings. The summed E-state index contributed by atoms with van der Waals surface area (Å²) in [7, 11) is 0. The van der Waals surface area contributed by atoms with E-state index in [4.69, 9.17) is 4.74 Å². The van der Waals surface area contributed by atoms with Gasteiger partial charge in [0.05, 0.1) is 12.5 Å². The van der Waals surface area contributed by atoms with Crippen molar-refractivity contribution in [1.29, 1.82) is 0 Å². The lowest BCUT2D eigenvalue weighted by Crippen LogP contribution is -2.08. The normalized spacial score (nSPS) is 38.9. The third-order valence-corrected chi connectivity index (χ3v) is 2.01. The monoisotopic (exact) mass is 124 g/mol. The standard InChI is InChI=1S/C7H8O2/c8-7-6-3-1-2-5(6)4-9-7/h1-2,5-6H,3-4H2/t5-,6-/m1/s1. The number of esters is 1. The van der Waals surface area contributed by atoms with E-state index < -0.39 is 0 Å². The number of ether oxygens (including phenoxy) is 1. The van der Waals surface area contributed by atoms with Crippen LogP contribution in [0, 0.1) is 11.8 Å². The van der Waals surface area contributed by atoms with Crippen molar-refractivity contribution in [1.82, 2.24) is 0 Å². The number of rotatable bonds is 0. The molecule has 0 aromatic heterocycles. The van der Waals surface area contributed by atoms with Gasteiger partial charge in [-0.15, -0.1) is 0 Å². The molecule has 0 radical (unpaired) electrons. The van der Waals surface area contributed by atoms with Gasteiger partial charge in [0.2, 0.25) is 0 Å². The first kappa shape index (κ1) is 5.03. The van der Waals surface area contributed by atoms with Crippen molar-refractivity contribution in [3.05, 3.63) is 12.2 Å². The fraction of sp³-hybridized carbons (Fsp3) is 0.571. The summed E-state index contributed by atoms with van der Waals surface area (Å²) in [5.41, 5.74) is 0. The highest BCUT2D eigenvalue weighted by molar-refractivity contribution is 5.76. The van der Waals surface area contributed by atoms with Crippen LogP contribution < -0.4 is 0 Å². The molecule has 0 aromatic carbocycles. The first-order chi connectivity index (χ1) is 4.38. The third kappa shape index (κ3) is 0.590. The van der Waals surface area contributed by atoms with Gasteiger partial charge >= 0.3 is 5.97 Å². The van der Waals surface area contributed by atoms with Gasteiger partial charge in [0, 0.05) is 5.92 Å². The second-order valence-electron chi connectivity index (χ2n) is 2.56. The van der Waals surface area contributed by atoms with Crippen LogP contribution in [-0.2, 0) is 9.53 Å². The van der Waals surface area contributed by atoms with Gasteiger partial charge < -0.3 is 4.74 Å². The van der Waals surface area contributed by atoms with Crippen molar-refractivity contribution in [2.45, 2.75) is 6.42 Å². The SMILES string of the molecule is O=C1OC[C@H]2C=CC[C@@H]12. The minimum absolute atomic E-state index is 0.00926. The molecule has 1 saturated heterocycles. The molecule has 0 spiro atoms. The van der Waals surface area contributed by atoms with Crippen LogP contribution in [0.4, 0.5) is 0 Å². The summed E-state index contributed by atoms with van der Waals surface area (Å²) in [6, 6.07) is 0. The second-order valence-corrected chi connectivity index (χ2v) is 2.56. The second kappa shape index (κ2) is 1.59. The molecule has 2 nitrogen and oxygen atoms in total. The van der Waals surface area contributed by atoms with Crippen LogP contribution >= 0.6 is 0 Å². The molecular formula is C7H8O2. The molecule has 48 valence electrons. The highest BCUT2D eigenvalue weighted by atomic mass is 16.5. The van der Waals surface area contributed by atoms with Crippen molar-refractivity contribution < 1.29 is 9.53 Å². The fourth-order valence-corrected chi connectivity index (χ4v) is 1.44. The number of carbonyl (C=O) groups excluding carboxylic acids is 1. The van der Waals surface area contributed by atoms with Crippen LogP contribution in [-0.4, -0.2) is 12.6 Å². The molecule has 2 rings (SSSR count). The topological polar surface area (TPSA) is 26.3 Å². The number of hydrogen-bond donors (Lipinski definition) is 0. The van der Waals surface area contributed by atoms with Crippen molar-refractivity contribution in [3.63, 3.8) is 0 Å². The molecule has 0 saturated carbocycles. The van der Waals surface area contributed by atoms with E-state index in [1.165, 1.54) is 0 Å². The molecule has 0 bridgehead atoms. The Labute approximate surface area is 53.5 Å². The van der Waals surface area contributed by atoms with Crippen molar-refractivity contribution >= 4 is 5.97 Å². The van der Waals surface area contributed by atoms with E-state index in [-0.39, 0.29) is 11.9 Å². The molecular weight excluding hydrogens is 116 g/mol. The van der Waals surface area contributed by atoms with Gasteiger partial charge in [-0.3, -0.25) is 4.79 Å². The minimum atomic E-state index is -0.00926. The molecule has 0 aromatic rings. The molecule has 0 N–H and O–H groups in total. The molecule has 2 atom stereocenters. The van der Waals surface area contributed by atoms with E-state index in [1.54, 1.807) is 0 Å². The van der Waals surface area contributed by atoms with E-state index in [2.05, 4.69) is 12.2 Å². The average Bonchev–Trinajstić information content (AvgIpc) is 2.35. The maximum Gasteiger partial charge on any atom is 0.309 e. The Morgan fingerprint density at radius 1 is 1.67 bits per heavy atom. The lowest BCUT2D eigenvalue weighted by Gasteiger charge is -1.98. The van der Waals surface area contributed by atoms with Gasteiger partial charge in [-0.05, 0) is 6.42 Å². The van der Waals surface area contributed by atoms with Gasteiger partial charge in [-0.25, -0.2) is 0 Å². The molecule has 1 aliphatic carbocycles. The maximum atomic E-state index is 10.8. The van der Waals surface area contributed by atoms with Crippen molar-refractivity contribution in [2.24, 2.45) is 11.8 Å². The zero-order chi connectivity index (χ0) is 6.27. The van der Waals surface area contributed by atoms with Gasteiger partial charge in [0.25, 0.3) is 0 Å². The summed E-state index contributed by atoms with van der Waals surface area (Å²) in [6.45, 7) is 0.611. The third-order valence-electron chi connectivity index (χ3n) is 2.01. The first-order valence-corrected chi connectivity index (χ1v) is 3.21. The number of cyclic esters (lactones) is 1. The van der Waals surface area contributed by atoms with E-state index >= 15 is 0 Å². The quantitative estimate of drug-likeness (QED) is 0.351. The van der Waals surface area contributed by atoms with Gasteiger partial charge in [0.15, 0.2) is 0 Å². The zero-order valence-corrected chi connectivity index (χ0v) is 5.04. The van der Waals surface area contributed by atoms with Crippen LogP contribution in [0.25, 0.3) is 0 Å². The average molecular weight is 124 g/mol. The van der Waals surface area contributed by atoms with Crippen LogP contribution in [0.3, 0.4) is 0 Å². The lowest BCUT2D eigenvalue weighted by molar-refractivity contribution is -0.141. The Morgan fingerprint density at radius 3 is 3.33 bits per heavy atom. The van der Waals surface area contributed by atoms with E-state index in [9.17, 15) is 4.79 Å². The van der Waals surface area contributed by atoms with Crippen LogP contribution in [0.5, 0.6) is 0 Å². The summed E-state index contributed by atoms with van der Waals surface area (Å²) in [5.74, 6) is 0.562. The fourth-order valence-electron chi connectivity index (χ4n) is 1.44. The number of allylic oxidation sites excluding steroid dienone is 1.